The molecule has 7 aliphatic rings. The minimum atomic E-state index is -4.51. The molecule has 2 bridgehead atoms. The maximum Gasteiger partial charge on any atom is 0.394 e. The molecular formula is C76H123F3N12O14. The fourth-order valence-electron chi connectivity index (χ4n) is 17.6. The Morgan fingerprint density at radius 1 is 0.676 bits per heavy atom. The van der Waals surface area contributed by atoms with Gasteiger partial charge in [0.1, 0.15) is 53.9 Å². The van der Waals surface area contributed by atoms with Crippen molar-refractivity contribution in [2.45, 2.75) is 249 Å². The van der Waals surface area contributed by atoms with Crippen molar-refractivity contribution in [1.82, 2.24) is 60.0 Å². The molecule has 12 amide bonds. The van der Waals surface area contributed by atoms with Crippen molar-refractivity contribution in [3.8, 4) is 0 Å². The monoisotopic (exact) mass is 1480 g/mol. The smallest absolute Gasteiger partial charge is 0.382 e. The second-order valence-electron chi connectivity index (χ2n) is 32.8. The number of nitrogens with one attached hydrogen (secondary N) is 3. The molecule has 3 unspecified atom stereocenters. The molecule has 592 valence electrons. The van der Waals surface area contributed by atoms with E-state index >= 15 is 28.8 Å². The van der Waals surface area contributed by atoms with Crippen molar-refractivity contribution in [2.24, 2.45) is 46.8 Å². The quantitative estimate of drug-likeness (QED) is 0.195. The molecule has 0 aromatic heterocycles. The second kappa shape index (κ2) is 36.8. The molecule has 4 aliphatic carbocycles. The maximum atomic E-state index is 15.8. The number of methoxy groups -OCH3 is 2. The van der Waals surface area contributed by atoms with Gasteiger partial charge in [0.15, 0.2) is 0 Å². The van der Waals surface area contributed by atoms with Gasteiger partial charge in [-0.2, -0.15) is 13.2 Å². The molecule has 0 radical (unpaired) electrons. The molecule has 2 saturated heterocycles. The fourth-order valence-corrected chi connectivity index (χ4v) is 17.6. The van der Waals surface area contributed by atoms with Crippen LogP contribution in [0, 0.1) is 46.8 Å². The van der Waals surface area contributed by atoms with E-state index < -0.39 is 180 Å². The van der Waals surface area contributed by atoms with Crippen molar-refractivity contribution in [3.63, 3.8) is 0 Å². The van der Waals surface area contributed by atoms with E-state index in [2.05, 4.69) is 22.9 Å². The summed E-state index contributed by atoms with van der Waals surface area (Å²) in [6.45, 7) is 11.9. The molecule has 26 nitrogen and oxygen atoms in total. The van der Waals surface area contributed by atoms with Crippen LogP contribution in [0.2, 0.25) is 0 Å². The van der Waals surface area contributed by atoms with E-state index in [0.29, 0.717) is 31.6 Å². The number of rotatable bonds is 13. The highest BCUT2D eigenvalue weighted by molar-refractivity contribution is 6.01. The number of alkyl halides is 3. The average molecular weight is 1490 g/mol. The maximum absolute atomic E-state index is 15.8. The average Bonchev–Trinajstić information content (AvgIpc) is 1.07. The van der Waals surface area contributed by atoms with E-state index in [1.165, 1.54) is 97.9 Å². The van der Waals surface area contributed by atoms with Gasteiger partial charge in [-0.1, -0.05) is 98.6 Å². The highest BCUT2D eigenvalue weighted by Gasteiger charge is 2.59. The summed E-state index contributed by atoms with van der Waals surface area (Å²) >= 11 is 0. The number of fused-ring (bicyclic) bond motifs is 3. The van der Waals surface area contributed by atoms with Gasteiger partial charge in [0.05, 0.1) is 38.1 Å². The Kier molecular flexibility index (Phi) is 29.9. The standard InChI is InChI=1S/C76H123F3N12O14/c1-17-48(5)63-71(101)85(10)42-62(94)86(11)54-26-20-19-23-35-90(70(54)100)57(37-49-29-27-46(3)28-30-49)69(99)84(9)41-60(92)80-53(34-32-50-31-33-52(76(77,78)79)59(38-50)105-16)67(97)91-40-47(4)36-55(91)66(96)82-75(44-74(6,7)45-75)73(103)89(14)64(51-24-21-22-25-51)72(102)88(13)56(68(98)83(8)18-2)39-61(93)87(12)58(43-104-15)65(95)81-63/h19-20,46-59,63-64H,17-18,21-45H2,1-16H3,(H,80,92)(H,81,95)(H,82,96)/b20-19-/t46?,47-,48-,49?,50?,52?,53-,54-,55-,56-,57-,58-,59?,63-,64-/m0/s1. The normalized spacial score (nSPS) is 32.1. The minimum Gasteiger partial charge on any atom is -0.382 e. The molecule has 3 aliphatic heterocycles. The largest absolute Gasteiger partial charge is 0.394 e. The van der Waals surface area contributed by atoms with Crippen LogP contribution in [-0.2, 0) is 67.0 Å². The lowest BCUT2D eigenvalue weighted by atomic mass is 9.58. The van der Waals surface area contributed by atoms with Crippen LogP contribution in [-0.4, -0.2) is 284 Å². The highest BCUT2D eigenvalue weighted by atomic mass is 19.4. The summed E-state index contributed by atoms with van der Waals surface area (Å²) in [6, 6.07) is -10.2. The molecule has 6 fully saturated rings. The second-order valence-corrected chi connectivity index (χ2v) is 32.8. The van der Waals surface area contributed by atoms with Crippen LogP contribution in [0.4, 0.5) is 13.2 Å². The molecule has 105 heavy (non-hydrogen) atoms. The zero-order chi connectivity index (χ0) is 77.9. The predicted molar refractivity (Wildman–Crippen MR) is 386 cm³/mol. The number of carbonyl (C=O) groups excluding carboxylic acids is 12. The Morgan fingerprint density at radius 3 is 1.91 bits per heavy atom. The number of nitrogens with zero attached hydrogens (tertiary/aromatic N) is 9. The van der Waals surface area contributed by atoms with Crippen LogP contribution in [0.5, 0.6) is 0 Å². The summed E-state index contributed by atoms with van der Waals surface area (Å²) in [5, 5.41) is 8.83. The van der Waals surface area contributed by atoms with Crippen molar-refractivity contribution in [2.75, 3.05) is 103 Å². The van der Waals surface area contributed by atoms with Gasteiger partial charge in [-0.25, -0.2) is 0 Å². The number of ether oxygens (including phenoxy) is 2. The van der Waals surface area contributed by atoms with E-state index in [0.717, 1.165) is 48.3 Å². The lowest BCUT2D eigenvalue weighted by Crippen LogP contribution is -2.71. The Morgan fingerprint density at radius 2 is 1.31 bits per heavy atom. The summed E-state index contributed by atoms with van der Waals surface area (Å²) in [5.41, 5.74) is -2.12. The molecular weight excluding hydrogens is 1360 g/mol. The first-order valence-electron chi connectivity index (χ1n) is 38.4. The number of halogens is 3. The van der Waals surface area contributed by atoms with Crippen molar-refractivity contribution in [1.29, 1.82) is 0 Å². The Labute approximate surface area is 620 Å². The van der Waals surface area contributed by atoms with E-state index in [1.807, 2.05) is 33.8 Å². The van der Waals surface area contributed by atoms with E-state index in [4.69, 9.17) is 9.47 Å². The van der Waals surface area contributed by atoms with Crippen LogP contribution < -0.4 is 16.0 Å². The third kappa shape index (κ3) is 20.7. The van der Waals surface area contributed by atoms with Gasteiger partial charge >= 0.3 is 6.18 Å². The van der Waals surface area contributed by atoms with E-state index in [-0.39, 0.29) is 108 Å². The molecule has 4 saturated carbocycles. The van der Waals surface area contributed by atoms with Gasteiger partial charge < -0.3 is 69.5 Å². The van der Waals surface area contributed by atoms with E-state index in [9.17, 15) is 41.9 Å². The topological polar surface area (TPSA) is 289 Å². The van der Waals surface area contributed by atoms with Gasteiger partial charge in [-0.15, -0.1) is 0 Å². The zero-order valence-electron chi connectivity index (χ0n) is 65.4. The summed E-state index contributed by atoms with van der Waals surface area (Å²) < 4.78 is 53.8. The van der Waals surface area contributed by atoms with Gasteiger partial charge in [0.25, 0.3) is 0 Å². The first-order valence-corrected chi connectivity index (χ1v) is 38.4. The fraction of sp³-hybridized carbons (Fsp3) is 0.816. The number of hydrogen-bond donors (Lipinski definition) is 3. The number of carbonyl (C=O) groups is 12. The van der Waals surface area contributed by atoms with Crippen LogP contribution >= 0.6 is 0 Å². The van der Waals surface area contributed by atoms with Crippen LogP contribution in [0.25, 0.3) is 0 Å². The third-order valence-corrected chi connectivity index (χ3v) is 24.3. The predicted octanol–water partition coefficient (Wildman–Crippen LogP) is 5.39. The number of likely N-dealkylation sites (N-methyl/N-ethyl adjacent to an activating group) is 7. The summed E-state index contributed by atoms with van der Waals surface area (Å²) in [7, 11) is 12.6. The van der Waals surface area contributed by atoms with Crippen molar-refractivity contribution < 1.29 is 80.2 Å². The highest BCUT2D eigenvalue weighted by Crippen LogP contribution is 2.50. The molecule has 29 heteroatoms. The van der Waals surface area contributed by atoms with Crippen LogP contribution in [0.15, 0.2) is 12.2 Å². The van der Waals surface area contributed by atoms with Crippen molar-refractivity contribution >= 4 is 70.9 Å². The molecule has 3 N–H and O–H groups in total. The SMILES string of the molecule is CC[C@H](C)[C@@H]1NC(=O)[C@H](COC)N(C)C(=O)C[C@@H](C(=O)N(C)CC)N(C)C(=O)[C@H](C2CCCC2)N(C)C(=O)C2(CC(C)(C)C2)NC(=O)[C@@H]2C[C@H](C)CN2C(=O)[C@H](CCC2CCC(C(F)(F)F)C(OC)C2)NC(=O)CN(C)C(=O)[C@H](CC2CCC(C)CC2)N2CC/C=C\C[C@@H](C2=O)N(C)C(=O)CN(C)C1=O. The van der Waals surface area contributed by atoms with Gasteiger partial charge in [-0.3, -0.25) is 57.5 Å². The third-order valence-electron chi connectivity index (χ3n) is 24.3. The molecule has 7 rings (SSSR count). The van der Waals surface area contributed by atoms with Gasteiger partial charge in [-0.05, 0) is 131 Å². The van der Waals surface area contributed by atoms with Gasteiger partial charge in [0.2, 0.25) is 70.9 Å². The summed E-state index contributed by atoms with van der Waals surface area (Å²) in [5.74, 6) is -10.8. The minimum absolute atomic E-state index is 0.00130. The zero-order valence-corrected chi connectivity index (χ0v) is 65.4. The lowest BCUT2D eigenvalue weighted by molar-refractivity contribution is -0.215. The van der Waals surface area contributed by atoms with E-state index in [1.54, 1.807) is 19.9 Å². The molecule has 1 spiro atoms. The summed E-state index contributed by atoms with van der Waals surface area (Å²) in [6.07, 6.45) is 4.63. The Hall–Kier alpha value is -6.91. The Bertz CT molecular complexity index is 3130. The molecule has 0 aromatic carbocycles. The summed E-state index contributed by atoms with van der Waals surface area (Å²) in [4.78, 5) is 193. The number of amides is 12. The molecule has 3 heterocycles. The first-order chi connectivity index (χ1) is 49.3. The van der Waals surface area contributed by atoms with Crippen LogP contribution in [0.3, 0.4) is 0 Å². The number of hydrogen-bond acceptors (Lipinski definition) is 14. The lowest BCUT2D eigenvalue weighted by Gasteiger charge is -2.54. The molecule has 0 aromatic rings. The van der Waals surface area contributed by atoms with Gasteiger partial charge in [0, 0.05) is 83.2 Å². The Balaban J connectivity index is 1.32. The van der Waals surface area contributed by atoms with Crippen LogP contribution in [0.1, 0.15) is 183 Å². The first kappa shape index (κ1) is 85.3. The van der Waals surface area contributed by atoms with Crippen molar-refractivity contribution in [3.05, 3.63) is 12.2 Å². The molecule has 13 atom stereocenters.